The van der Waals surface area contributed by atoms with Crippen molar-refractivity contribution in [3.63, 3.8) is 0 Å². The van der Waals surface area contributed by atoms with Crippen molar-refractivity contribution in [1.29, 1.82) is 0 Å². The number of rotatable bonds is 3. The van der Waals surface area contributed by atoms with Gasteiger partial charge in [0, 0.05) is 9.89 Å². The van der Waals surface area contributed by atoms with E-state index in [2.05, 4.69) is 21.2 Å². The number of hydrogen-bond donors (Lipinski definition) is 1. The first-order valence-corrected chi connectivity index (χ1v) is 6.66. The lowest BCUT2D eigenvalue weighted by Gasteiger charge is -2.17. The molecule has 18 heavy (non-hydrogen) atoms. The molecule has 0 unspecified atom stereocenters. The highest BCUT2D eigenvalue weighted by Crippen LogP contribution is 2.25. The van der Waals surface area contributed by atoms with Crippen molar-refractivity contribution in [2.45, 2.75) is 20.8 Å². The quantitative estimate of drug-likeness (QED) is 0.921. The van der Waals surface area contributed by atoms with E-state index in [0.29, 0.717) is 15.1 Å². The van der Waals surface area contributed by atoms with Crippen molar-refractivity contribution in [2.75, 3.05) is 6.54 Å². The molecule has 1 rings (SSSR count). The molecule has 1 aromatic rings. The average molecular weight is 333 g/mol. The van der Waals surface area contributed by atoms with E-state index < -0.39 is 5.41 Å². The monoisotopic (exact) mass is 331 g/mol. The number of nitrogens with one attached hydrogen (secondary N) is 1. The zero-order chi connectivity index (χ0) is 13.9. The van der Waals surface area contributed by atoms with E-state index in [1.807, 2.05) is 20.8 Å². The Kier molecular flexibility index (Phi) is 4.93. The van der Waals surface area contributed by atoms with Crippen LogP contribution in [0.25, 0.3) is 0 Å². The van der Waals surface area contributed by atoms with Crippen LogP contribution in [0.15, 0.2) is 22.7 Å². The smallest absolute Gasteiger partial charge is 0.253 e. The molecular weight excluding hydrogens is 318 g/mol. The molecule has 1 amide bonds. The van der Waals surface area contributed by atoms with Crippen LogP contribution < -0.4 is 5.32 Å². The zero-order valence-electron chi connectivity index (χ0n) is 10.5. The Morgan fingerprint density at radius 3 is 2.50 bits per heavy atom. The molecule has 0 aliphatic heterocycles. The zero-order valence-corrected chi connectivity index (χ0v) is 12.9. The lowest BCUT2D eigenvalue weighted by Crippen LogP contribution is -2.35. The van der Waals surface area contributed by atoms with Crippen molar-refractivity contribution in [2.24, 2.45) is 5.41 Å². The Morgan fingerprint density at radius 1 is 1.33 bits per heavy atom. The Bertz CT molecular complexity index is 480. The summed E-state index contributed by atoms with van der Waals surface area (Å²) in [6.07, 6.45) is 0. The van der Waals surface area contributed by atoms with Crippen molar-refractivity contribution >= 4 is 39.2 Å². The van der Waals surface area contributed by atoms with E-state index >= 15 is 0 Å². The van der Waals surface area contributed by atoms with Gasteiger partial charge in [0.05, 0.1) is 17.1 Å². The maximum Gasteiger partial charge on any atom is 0.253 e. The number of amides is 1. The molecule has 0 spiro atoms. The van der Waals surface area contributed by atoms with Gasteiger partial charge in [0.15, 0.2) is 5.78 Å². The predicted octanol–water partition coefficient (Wildman–Crippen LogP) is 3.45. The molecule has 0 saturated carbocycles. The first-order chi connectivity index (χ1) is 8.23. The standard InChI is InChI=1S/C13H15BrClNO2/c1-13(2,3)10(17)7-16-12(18)8-5-4-6-9(14)11(8)15/h4-6H,7H2,1-3H3,(H,16,18). The van der Waals surface area contributed by atoms with Gasteiger partial charge in [-0.2, -0.15) is 0 Å². The van der Waals surface area contributed by atoms with E-state index in [1.165, 1.54) is 0 Å². The largest absolute Gasteiger partial charge is 0.345 e. The lowest BCUT2D eigenvalue weighted by atomic mass is 9.91. The average Bonchev–Trinajstić information content (AvgIpc) is 2.27. The highest BCUT2D eigenvalue weighted by Gasteiger charge is 2.22. The van der Waals surface area contributed by atoms with E-state index in [4.69, 9.17) is 11.6 Å². The number of halogens is 2. The Hall–Kier alpha value is -0.870. The fraction of sp³-hybridized carbons (Fsp3) is 0.385. The second-order valence-corrected chi connectivity index (χ2v) is 6.19. The molecule has 0 atom stereocenters. The minimum absolute atomic E-state index is 0.00513. The molecular formula is C13H15BrClNO2. The fourth-order valence-corrected chi connectivity index (χ4v) is 1.78. The van der Waals surface area contributed by atoms with Gasteiger partial charge in [-0.1, -0.05) is 38.4 Å². The molecule has 0 bridgehead atoms. The summed E-state index contributed by atoms with van der Waals surface area (Å²) in [7, 11) is 0. The van der Waals surface area contributed by atoms with Gasteiger partial charge < -0.3 is 5.32 Å². The predicted molar refractivity (Wildman–Crippen MR) is 75.9 cm³/mol. The summed E-state index contributed by atoms with van der Waals surface area (Å²) in [4.78, 5) is 23.6. The molecule has 0 aromatic heterocycles. The molecule has 0 aliphatic carbocycles. The number of carbonyl (C=O) groups excluding carboxylic acids is 2. The molecule has 98 valence electrons. The van der Waals surface area contributed by atoms with Crippen molar-refractivity contribution < 1.29 is 9.59 Å². The molecule has 0 aliphatic rings. The maximum atomic E-state index is 11.9. The van der Waals surface area contributed by atoms with Crippen LogP contribution in [0, 0.1) is 5.41 Å². The third-order valence-corrected chi connectivity index (χ3v) is 3.74. The van der Waals surface area contributed by atoms with Crippen molar-refractivity contribution in [3.8, 4) is 0 Å². The Labute approximate surface area is 120 Å². The summed E-state index contributed by atoms with van der Waals surface area (Å²) in [6, 6.07) is 5.08. The lowest BCUT2D eigenvalue weighted by molar-refractivity contribution is -0.125. The van der Waals surface area contributed by atoms with Crippen LogP contribution in [-0.2, 0) is 4.79 Å². The number of ketones is 1. The van der Waals surface area contributed by atoms with Crippen LogP contribution in [-0.4, -0.2) is 18.2 Å². The second kappa shape index (κ2) is 5.85. The molecule has 0 radical (unpaired) electrons. The minimum atomic E-state index is -0.464. The van der Waals surface area contributed by atoms with Crippen molar-refractivity contribution in [3.05, 3.63) is 33.3 Å². The highest BCUT2D eigenvalue weighted by molar-refractivity contribution is 9.10. The molecule has 1 aromatic carbocycles. The number of carbonyl (C=O) groups is 2. The van der Waals surface area contributed by atoms with Gasteiger partial charge in [0.25, 0.3) is 5.91 Å². The van der Waals surface area contributed by atoms with Gasteiger partial charge in [0.1, 0.15) is 0 Å². The Morgan fingerprint density at radius 2 is 1.94 bits per heavy atom. The van der Waals surface area contributed by atoms with Crippen LogP contribution in [0.3, 0.4) is 0 Å². The van der Waals surface area contributed by atoms with E-state index in [1.54, 1.807) is 18.2 Å². The molecule has 0 fully saturated rings. The molecule has 3 nitrogen and oxygen atoms in total. The van der Waals surface area contributed by atoms with Crippen molar-refractivity contribution in [1.82, 2.24) is 5.32 Å². The normalized spacial score (nSPS) is 11.2. The summed E-state index contributed by atoms with van der Waals surface area (Å²) >= 11 is 9.25. The maximum absolute atomic E-state index is 11.9. The highest BCUT2D eigenvalue weighted by atomic mass is 79.9. The van der Waals surface area contributed by atoms with Gasteiger partial charge in [-0.05, 0) is 28.1 Å². The SMILES string of the molecule is CC(C)(C)C(=O)CNC(=O)c1cccc(Br)c1Cl. The van der Waals surface area contributed by atoms with Gasteiger partial charge in [0.2, 0.25) is 0 Å². The topological polar surface area (TPSA) is 46.2 Å². The summed E-state index contributed by atoms with van der Waals surface area (Å²) < 4.78 is 0.652. The van der Waals surface area contributed by atoms with Crippen LogP contribution >= 0.6 is 27.5 Å². The van der Waals surface area contributed by atoms with Gasteiger partial charge in [-0.15, -0.1) is 0 Å². The molecule has 0 heterocycles. The van der Waals surface area contributed by atoms with Crippen LogP contribution in [0.5, 0.6) is 0 Å². The summed E-state index contributed by atoms with van der Waals surface area (Å²) in [5.41, 5.74) is -0.110. The number of benzene rings is 1. The van der Waals surface area contributed by atoms with Gasteiger partial charge >= 0.3 is 0 Å². The van der Waals surface area contributed by atoms with Crippen LogP contribution in [0.4, 0.5) is 0 Å². The molecule has 1 N–H and O–H groups in total. The van der Waals surface area contributed by atoms with Crippen LogP contribution in [0.2, 0.25) is 5.02 Å². The minimum Gasteiger partial charge on any atom is -0.345 e. The number of hydrogen-bond acceptors (Lipinski definition) is 2. The van der Waals surface area contributed by atoms with E-state index in [9.17, 15) is 9.59 Å². The van der Waals surface area contributed by atoms with Gasteiger partial charge in [-0.25, -0.2) is 0 Å². The van der Waals surface area contributed by atoms with E-state index in [-0.39, 0.29) is 18.2 Å². The third kappa shape index (κ3) is 3.82. The fourth-order valence-electron chi connectivity index (χ4n) is 1.20. The first-order valence-electron chi connectivity index (χ1n) is 5.49. The van der Waals surface area contributed by atoms with Crippen LogP contribution in [0.1, 0.15) is 31.1 Å². The summed E-state index contributed by atoms with van der Waals surface area (Å²) in [6.45, 7) is 5.44. The third-order valence-electron chi connectivity index (χ3n) is 2.44. The molecule has 5 heteroatoms. The number of Topliss-reactive ketones (excluding diaryl/α,β-unsaturated/α-hetero) is 1. The molecule has 0 saturated heterocycles. The Balaban J connectivity index is 2.73. The summed E-state index contributed by atoms with van der Waals surface area (Å²) in [5, 5.41) is 2.93. The second-order valence-electron chi connectivity index (χ2n) is 4.96. The van der Waals surface area contributed by atoms with Gasteiger partial charge in [-0.3, -0.25) is 9.59 Å². The van der Waals surface area contributed by atoms with E-state index in [0.717, 1.165) is 0 Å². The summed E-state index contributed by atoms with van der Waals surface area (Å²) in [5.74, 6) is -0.374. The first kappa shape index (κ1) is 15.2.